The number of carbonyl (C=O) groups excluding carboxylic acids is 7. The van der Waals surface area contributed by atoms with Crippen LogP contribution in [-0.4, -0.2) is 124 Å². The summed E-state index contributed by atoms with van der Waals surface area (Å²) in [7, 11) is 1.27. The zero-order valence-electron chi connectivity index (χ0n) is 37.1. The molecule has 0 amide bonds. The van der Waals surface area contributed by atoms with Crippen LogP contribution in [0, 0.1) is 41.4 Å². The van der Waals surface area contributed by atoms with Gasteiger partial charge in [0, 0.05) is 7.11 Å². The van der Waals surface area contributed by atoms with Gasteiger partial charge >= 0.3 is 41.8 Å². The smallest absolute Gasteiger partial charge is 0.308 e. The molecule has 59 heavy (non-hydrogen) atoms. The first-order chi connectivity index (χ1) is 27.4. The highest BCUT2D eigenvalue weighted by atomic mass is 16.8. The van der Waals surface area contributed by atoms with Crippen LogP contribution < -0.4 is 0 Å². The van der Waals surface area contributed by atoms with E-state index in [1.807, 2.05) is 0 Å². The number of esters is 7. The van der Waals surface area contributed by atoms with Crippen LogP contribution in [0.25, 0.3) is 0 Å². The maximum Gasteiger partial charge on any atom is 0.308 e. The van der Waals surface area contributed by atoms with Gasteiger partial charge in [-0.05, 0) is 0 Å². The van der Waals surface area contributed by atoms with E-state index < -0.39 is 158 Å². The number of hydrogen-bond donors (Lipinski definition) is 0. The Morgan fingerprint density at radius 3 is 0.983 bits per heavy atom. The molecule has 18 nitrogen and oxygen atoms in total. The molecule has 0 spiro atoms. The molecule has 2 heterocycles. The van der Waals surface area contributed by atoms with Crippen LogP contribution in [-0.2, 0) is 85.7 Å². The van der Waals surface area contributed by atoms with Crippen LogP contribution >= 0.6 is 0 Å². The Morgan fingerprint density at radius 2 is 0.644 bits per heavy atom. The van der Waals surface area contributed by atoms with Crippen LogP contribution in [0.2, 0.25) is 0 Å². The molecule has 0 aromatic rings. The summed E-state index contributed by atoms with van der Waals surface area (Å²) in [5.74, 6) is -9.73. The highest BCUT2D eigenvalue weighted by Gasteiger charge is 2.58. The van der Waals surface area contributed by atoms with E-state index in [0.29, 0.717) is 0 Å². The van der Waals surface area contributed by atoms with Crippen molar-refractivity contribution in [1.29, 1.82) is 0 Å². The summed E-state index contributed by atoms with van der Waals surface area (Å²) >= 11 is 0. The van der Waals surface area contributed by atoms with E-state index in [9.17, 15) is 33.6 Å². The van der Waals surface area contributed by atoms with Gasteiger partial charge in [-0.3, -0.25) is 33.6 Å². The Labute approximate surface area is 347 Å². The lowest BCUT2D eigenvalue weighted by Crippen LogP contribution is -2.67. The van der Waals surface area contributed by atoms with Gasteiger partial charge in [0.05, 0.1) is 41.4 Å². The maximum absolute atomic E-state index is 13.5. The quantitative estimate of drug-likeness (QED) is 0.134. The predicted molar refractivity (Wildman–Crippen MR) is 204 cm³/mol. The third-order valence-electron chi connectivity index (χ3n) is 9.05. The first-order valence-corrected chi connectivity index (χ1v) is 20.3. The summed E-state index contributed by atoms with van der Waals surface area (Å²) in [5, 5.41) is 0. The molecule has 2 aliphatic heterocycles. The highest BCUT2D eigenvalue weighted by Crippen LogP contribution is 2.36. The van der Waals surface area contributed by atoms with Crippen molar-refractivity contribution in [2.45, 2.75) is 158 Å². The normalized spacial score (nSPS) is 27.2. The Balaban J connectivity index is 2.96. The molecule has 0 saturated carbocycles. The minimum atomic E-state index is -1.81. The van der Waals surface area contributed by atoms with Crippen LogP contribution in [0.5, 0.6) is 0 Å². The summed E-state index contributed by atoms with van der Waals surface area (Å²) < 4.78 is 65.6. The van der Waals surface area contributed by atoms with E-state index in [4.69, 9.17) is 52.1 Å². The average Bonchev–Trinajstić information content (AvgIpc) is 3.15. The van der Waals surface area contributed by atoms with Crippen LogP contribution in [0.4, 0.5) is 0 Å². The average molecular weight is 847 g/mol. The SMILES string of the molecule is CO[C@@H]1OC(COC(=O)C(C)C)[C@@H](O[C@@H]2OC(COC(=O)C(C)C)[C@H](OC(=O)C(C)C)[C@H](OC(=O)C(C)C)C2OC(=O)C(C)C)[C@H](OC(=O)C(C)C)C1OC(=O)C(C)C. The molecule has 18 heteroatoms. The van der Waals surface area contributed by atoms with Crippen molar-refractivity contribution in [3.05, 3.63) is 0 Å². The molecular formula is C41H66O18. The van der Waals surface area contributed by atoms with E-state index in [2.05, 4.69) is 0 Å². The second-order valence-electron chi connectivity index (χ2n) is 16.8. The zero-order valence-corrected chi connectivity index (χ0v) is 37.1. The predicted octanol–water partition coefficient (Wildman–Crippen LogP) is 3.71. The Morgan fingerprint density at radius 1 is 0.373 bits per heavy atom. The summed E-state index contributed by atoms with van der Waals surface area (Å²) in [4.78, 5) is 92.2. The van der Waals surface area contributed by atoms with Gasteiger partial charge < -0.3 is 52.1 Å². The van der Waals surface area contributed by atoms with E-state index in [0.717, 1.165) is 0 Å². The van der Waals surface area contributed by atoms with Crippen molar-refractivity contribution in [2.24, 2.45) is 41.4 Å². The molecular weight excluding hydrogens is 780 g/mol. The van der Waals surface area contributed by atoms with Crippen molar-refractivity contribution in [2.75, 3.05) is 20.3 Å². The summed E-state index contributed by atoms with van der Waals surface area (Å²) in [6.45, 7) is 21.0. The second kappa shape index (κ2) is 23.2. The standard InChI is InChI=1S/C41H66O18/c1-18(2)33(42)50-16-25-27(54-35(44)20(5)6)29(55-36(45)21(7)8)32(58-39(48)24(13)14)41(53-25)59-28-26(17-51-34(43)19(3)4)52-40(49-15)31(57-38(47)23(11)12)30(28)56-37(46)22(9)10/h18-32,40-41H,16-17H2,1-15H3/t25?,26?,27-,28+,29-,30-,31?,32?,40+,41-/m0/s1. The lowest BCUT2D eigenvalue weighted by molar-refractivity contribution is -0.360. The Hall–Kier alpha value is -3.87. The fourth-order valence-corrected chi connectivity index (χ4v) is 5.32. The molecule has 4 unspecified atom stereocenters. The summed E-state index contributed by atoms with van der Waals surface area (Å²) in [6, 6.07) is 0. The monoisotopic (exact) mass is 846 g/mol. The fraction of sp³-hybridized carbons (Fsp3) is 0.829. The highest BCUT2D eigenvalue weighted by molar-refractivity contribution is 5.75. The Kier molecular flexibility index (Phi) is 20.2. The fourth-order valence-electron chi connectivity index (χ4n) is 5.32. The molecule has 0 aromatic heterocycles. The van der Waals surface area contributed by atoms with Crippen LogP contribution in [0.15, 0.2) is 0 Å². The van der Waals surface area contributed by atoms with Crippen molar-refractivity contribution in [1.82, 2.24) is 0 Å². The van der Waals surface area contributed by atoms with Gasteiger partial charge in [-0.25, -0.2) is 0 Å². The number of carbonyl (C=O) groups is 7. The van der Waals surface area contributed by atoms with Crippen LogP contribution in [0.1, 0.15) is 96.9 Å². The molecule has 10 atom stereocenters. The minimum Gasteiger partial charge on any atom is -0.463 e. The molecule has 0 aliphatic carbocycles. The minimum absolute atomic E-state index is 0.513. The first-order valence-electron chi connectivity index (χ1n) is 20.3. The number of hydrogen-bond acceptors (Lipinski definition) is 18. The molecule has 0 bridgehead atoms. The van der Waals surface area contributed by atoms with E-state index in [1.165, 1.54) is 7.11 Å². The van der Waals surface area contributed by atoms with Gasteiger partial charge in [-0.2, -0.15) is 0 Å². The first kappa shape index (κ1) is 51.3. The van der Waals surface area contributed by atoms with Crippen molar-refractivity contribution in [3.63, 3.8) is 0 Å². The van der Waals surface area contributed by atoms with Gasteiger partial charge in [0.2, 0.25) is 0 Å². The van der Waals surface area contributed by atoms with Gasteiger partial charge in [0.15, 0.2) is 43.1 Å². The molecule has 0 radical (unpaired) electrons. The maximum atomic E-state index is 13.5. The van der Waals surface area contributed by atoms with Gasteiger partial charge in [-0.15, -0.1) is 0 Å². The lowest BCUT2D eigenvalue weighted by atomic mass is 9.95. The molecule has 2 rings (SSSR count). The molecule has 0 N–H and O–H groups in total. The second-order valence-corrected chi connectivity index (χ2v) is 16.8. The molecule has 2 fully saturated rings. The van der Waals surface area contributed by atoms with E-state index in [-0.39, 0.29) is 0 Å². The van der Waals surface area contributed by atoms with Gasteiger partial charge in [0.25, 0.3) is 0 Å². The third kappa shape index (κ3) is 14.7. The van der Waals surface area contributed by atoms with Gasteiger partial charge in [0.1, 0.15) is 31.5 Å². The summed E-state index contributed by atoms with van der Waals surface area (Å²) in [6.07, 6.45) is -15.5. The van der Waals surface area contributed by atoms with Crippen molar-refractivity contribution in [3.8, 4) is 0 Å². The third-order valence-corrected chi connectivity index (χ3v) is 9.05. The number of ether oxygens (including phenoxy) is 11. The van der Waals surface area contributed by atoms with E-state index in [1.54, 1.807) is 96.9 Å². The number of methoxy groups -OCH3 is 1. The molecule has 338 valence electrons. The van der Waals surface area contributed by atoms with E-state index >= 15 is 0 Å². The van der Waals surface area contributed by atoms with Gasteiger partial charge in [-0.1, -0.05) is 96.9 Å². The van der Waals surface area contributed by atoms with Crippen molar-refractivity contribution >= 4 is 41.8 Å². The van der Waals surface area contributed by atoms with Crippen LogP contribution in [0.3, 0.4) is 0 Å². The summed E-state index contributed by atoms with van der Waals surface area (Å²) in [5.41, 5.74) is 0. The Bertz CT molecular complexity index is 1440. The topological polar surface area (TPSA) is 221 Å². The van der Waals surface area contributed by atoms with Crippen molar-refractivity contribution < 1.29 is 85.7 Å². The largest absolute Gasteiger partial charge is 0.463 e. The lowest BCUT2D eigenvalue weighted by Gasteiger charge is -2.49. The molecule has 0 aromatic carbocycles. The zero-order chi connectivity index (χ0) is 45.0. The molecule has 2 saturated heterocycles. The molecule has 2 aliphatic rings. The number of rotatable bonds is 19.